The Morgan fingerprint density at radius 2 is 1.89 bits per heavy atom. The first-order chi connectivity index (χ1) is 8.86. The minimum Gasteiger partial charge on any atom is -0.389 e. The van der Waals surface area contributed by atoms with Crippen molar-refractivity contribution in [2.24, 2.45) is 0 Å². The summed E-state index contributed by atoms with van der Waals surface area (Å²) in [7, 11) is -3.83. The number of nitriles is 1. The minimum absolute atomic E-state index is 0.0452. The van der Waals surface area contributed by atoms with Crippen molar-refractivity contribution in [1.82, 2.24) is 4.31 Å². The zero-order chi connectivity index (χ0) is 14.2. The molecule has 1 aliphatic rings. The summed E-state index contributed by atoms with van der Waals surface area (Å²) in [5, 5.41) is 27.6. The fourth-order valence-electron chi connectivity index (χ4n) is 1.83. The van der Waals surface area contributed by atoms with Gasteiger partial charge >= 0.3 is 0 Å². The number of aliphatic hydroxyl groups is 2. The predicted octanol–water partition coefficient (Wildman–Crippen LogP) is -0.0622. The van der Waals surface area contributed by atoms with Crippen LogP contribution in [0.2, 0.25) is 5.02 Å². The Kier molecular flexibility index (Phi) is 3.80. The maximum atomic E-state index is 12.2. The van der Waals surface area contributed by atoms with Crippen molar-refractivity contribution in [2.75, 3.05) is 13.1 Å². The molecule has 2 atom stereocenters. The van der Waals surface area contributed by atoms with Crippen LogP contribution in [0.15, 0.2) is 23.1 Å². The van der Waals surface area contributed by atoms with E-state index in [0.717, 1.165) is 4.31 Å². The third-order valence-electron chi connectivity index (χ3n) is 2.92. The zero-order valence-corrected chi connectivity index (χ0v) is 11.3. The van der Waals surface area contributed by atoms with Crippen LogP contribution >= 0.6 is 11.6 Å². The number of sulfonamides is 1. The van der Waals surface area contributed by atoms with Crippen molar-refractivity contribution in [3.63, 3.8) is 0 Å². The molecular formula is C11H11ClN2O4S. The molecule has 19 heavy (non-hydrogen) atoms. The van der Waals surface area contributed by atoms with Gasteiger partial charge in [0.1, 0.15) is 6.07 Å². The highest BCUT2D eigenvalue weighted by atomic mass is 35.5. The smallest absolute Gasteiger partial charge is 0.243 e. The summed E-state index contributed by atoms with van der Waals surface area (Å²) in [4.78, 5) is -0.0715. The van der Waals surface area contributed by atoms with Crippen molar-refractivity contribution in [3.8, 4) is 6.07 Å². The lowest BCUT2D eigenvalue weighted by molar-refractivity contribution is 0.0572. The second-order valence-electron chi connectivity index (χ2n) is 4.21. The van der Waals surface area contributed by atoms with Crippen molar-refractivity contribution < 1.29 is 18.6 Å². The van der Waals surface area contributed by atoms with E-state index in [4.69, 9.17) is 16.9 Å². The average Bonchev–Trinajstić information content (AvgIpc) is 2.70. The second kappa shape index (κ2) is 5.07. The van der Waals surface area contributed by atoms with E-state index in [1.54, 1.807) is 0 Å². The van der Waals surface area contributed by atoms with Crippen LogP contribution in [0.3, 0.4) is 0 Å². The molecule has 1 fully saturated rings. The van der Waals surface area contributed by atoms with E-state index in [1.807, 2.05) is 6.07 Å². The predicted molar refractivity (Wildman–Crippen MR) is 66.9 cm³/mol. The Labute approximate surface area is 115 Å². The lowest BCUT2D eigenvalue weighted by Gasteiger charge is -2.15. The molecule has 1 aromatic carbocycles. The Balaban J connectivity index is 2.36. The van der Waals surface area contributed by atoms with Gasteiger partial charge in [0.05, 0.1) is 27.7 Å². The summed E-state index contributed by atoms with van der Waals surface area (Å²) in [5.74, 6) is 0. The third-order valence-corrected chi connectivity index (χ3v) is 5.06. The summed E-state index contributed by atoms with van der Waals surface area (Å²) in [6, 6.07) is 5.62. The normalized spacial score (nSPS) is 24.3. The van der Waals surface area contributed by atoms with E-state index in [1.165, 1.54) is 18.2 Å². The van der Waals surface area contributed by atoms with Crippen LogP contribution in [0.5, 0.6) is 0 Å². The van der Waals surface area contributed by atoms with Crippen LogP contribution in [0.4, 0.5) is 0 Å². The monoisotopic (exact) mass is 302 g/mol. The lowest BCUT2D eigenvalue weighted by atomic mass is 10.2. The molecule has 0 saturated carbocycles. The maximum absolute atomic E-state index is 12.2. The topological polar surface area (TPSA) is 102 Å². The van der Waals surface area contributed by atoms with Gasteiger partial charge in [-0.2, -0.15) is 9.57 Å². The fourth-order valence-corrected chi connectivity index (χ4v) is 3.62. The van der Waals surface area contributed by atoms with Gasteiger partial charge in [-0.1, -0.05) is 11.6 Å². The molecule has 0 radical (unpaired) electrons. The van der Waals surface area contributed by atoms with Gasteiger partial charge in [0, 0.05) is 13.1 Å². The zero-order valence-electron chi connectivity index (χ0n) is 9.69. The molecule has 1 aromatic rings. The van der Waals surface area contributed by atoms with E-state index in [2.05, 4.69) is 0 Å². The molecule has 6 nitrogen and oxygen atoms in total. The van der Waals surface area contributed by atoms with Gasteiger partial charge < -0.3 is 10.2 Å². The van der Waals surface area contributed by atoms with Gasteiger partial charge in [-0.3, -0.25) is 0 Å². The fraction of sp³-hybridized carbons (Fsp3) is 0.364. The third kappa shape index (κ3) is 2.59. The van der Waals surface area contributed by atoms with Gasteiger partial charge in [-0.25, -0.2) is 8.42 Å². The van der Waals surface area contributed by atoms with Gasteiger partial charge in [0.25, 0.3) is 0 Å². The molecule has 0 aromatic heterocycles. The first kappa shape index (κ1) is 14.2. The molecule has 0 aliphatic carbocycles. The highest BCUT2D eigenvalue weighted by molar-refractivity contribution is 7.89. The Morgan fingerprint density at radius 1 is 1.32 bits per heavy atom. The number of β-amino-alcohol motifs (C(OH)–C–C–N with tert-alkyl or cyclic N) is 2. The van der Waals surface area contributed by atoms with E-state index >= 15 is 0 Å². The number of hydrogen-bond acceptors (Lipinski definition) is 5. The van der Waals surface area contributed by atoms with Crippen LogP contribution in [0, 0.1) is 11.3 Å². The Hall–Kier alpha value is -1.17. The standard InChI is InChI=1S/C11H11ClN2O4S/c12-9-3-8(2-1-7(9)4-13)19(17,18)14-5-10(15)11(16)6-14/h1-3,10-11,15-16H,5-6H2. The quantitative estimate of drug-likeness (QED) is 0.797. The molecule has 1 aliphatic heterocycles. The number of aliphatic hydroxyl groups excluding tert-OH is 2. The molecule has 0 bridgehead atoms. The van der Waals surface area contributed by atoms with Crippen molar-refractivity contribution in [2.45, 2.75) is 17.1 Å². The minimum atomic E-state index is -3.83. The Morgan fingerprint density at radius 3 is 2.37 bits per heavy atom. The van der Waals surface area contributed by atoms with Crippen molar-refractivity contribution in [3.05, 3.63) is 28.8 Å². The van der Waals surface area contributed by atoms with Gasteiger partial charge in [0.2, 0.25) is 10.0 Å². The first-order valence-corrected chi connectivity index (χ1v) is 7.24. The highest BCUT2D eigenvalue weighted by Gasteiger charge is 2.37. The maximum Gasteiger partial charge on any atom is 0.243 e. The molecule has 8 heteroatoms. The van der Waals surface area contributed by atoms with E-state index in [0.29, 0.717) is 0 Å². The summed E-state index contributed by atoms with van der Waals surface area (Å²) in [6.07, 6.45) is -2.19. The number of rotatable bonds is 2. The van der Waals surface area contributed by atoms with Crippen molar-refractivity contribution in [1.29, 1.82) is 5.26 Å². The number of hydrogen-bond donors (Lipinski definition) is 2. The number of nitrogens with zero attached hydrogens (tertiary/aromatic N) is 2. The molecule has 2 rings (SSSR count). The van der Waals surface area contributed by atoms with Gasteiger partial charge in [-0.05, 0) is 18.2 Å². The van der Waals surface area contributed by atoms with Crippen LogP contribution < -0.4 is 0 Å². The molecule has 1 heterocycles. The summed E-state index contributed by atoms with van der Waals surface area (Å²) < 4.78 is 25.5. The van der Waals surface area contributed by atoms with E-state index in [-0.39, 0.29) is 28.6 Å². The highest BCUT2D eigenvalue weighted by Crippen LogP contribution is 2.25. The SMILES string of the molecule is N#Cc1ccc(S(=O)(=O)N2CC(O)C(O)C2)cc1Cl. The molecular weight excluding hydrogens is 292 g/mol. The van der Waals surface area contributed by atoms with E-state index in [9.17, 15) is 18.6 Å². The average molecular weight is 303 g/mol. The summed E-state index contributed by atoms with van der Waals surface area (Å²) in [6.45, 7) is -0.331. The molecule has 2 N–H and O–H groups in total. The van der Waals surface area contributed by atoms with Gasteiger partial charge in [-0.15, -0.1) is 0 Å². The molecule has 102 valence electrons. The van der Waals surface area contributed by atoms with E-state index < -0.39 is 22.2 Å². The summed E-state index contributed by atoms with van der Waals surface area (Å²) >= 11 is 5.80. The van der Waals surface area contributed by atoms with Crippen LogP contribution in [0.1, 0.15) is 5.56 Å². The van der Waals surface area contributed by atoms with Crippen LogP contribution in [-0.2, 0) is 10.0 Å². The van der Waals surface area contributed by atoms with Crippen LogP contribution in [-0.4, -0.2) is 48.2 Å². The Bertz CT molecular complexity index is 631. The lowest BCUT2D eigenvalue weighted by Crippen LogP contribution is -2.30. The first-order valence-electron chi connectivity index (χ1n) is 5.42. The number of halogens is 1. The van der Waals surface area contributed by atoms with Crippen molar-refractivity contribution >= 4 is 21.6 Å². The summed E-state index contributed by atoms with van der Waals surface area (Å²) in [5.41, 5.74) is 0.183. The molecule has 2 unspecified atom stereocenters. The molecule has 0 spiro atoms. The largest absolute Gasteiger partial charge is 0.389 e. The van der Waals surface area contributed by atoms with Crippen LogP contribution in [0.25, 0.3) is 0 Å². The second-order valence-corrected chi connectivity index (χ2v) is 6.56. The number of benzene rings is 1. The molecule has 0 amide bonds. The molecule has 1 saturated heterocycles. The van der Waals surface area contributed by atoms with Gasteiger partial charge in [0.15, 0.2) is 0 Å².